The molecule has 116 valence electrons. The van der Waals surface area contributed by atoms with E-state index in [4.69, 9.17) is 5.11 Å². The van der Waals surface area contributed by atoms with Gasteiger partial charge < -0.3 is 10.4 Å². The summed E-state index contributed by atoms with van der Waals surface area (Å²) < 4.78 is 1.98. The molecule has 2 aromatic rings. The molecule has 0 saturated heterocycles. The maximum Gasteiger partial charge on any atom is 0.246 e. The van der Waals surface area contributed by atoms with Crippen LogP contribution in [0, 0.1) is 13.8 Å². The van der Waals surface area contributed by atoms with Crippen molar-refractivity contribution in [2.45, 2.75) is 39.2 Å². The van der Waals surface area contributed by atoms with Gasteiger partial charge in [0.1, 0.15) is 6.61 Å². The van der Waals surface area contributed by atoms with E-state index in [-0.39, 0.29) is 11.9 Å². The number of aliphatic hydroxyl groups is 1. The smallest absolute Gasteiger partial charge is 0.246 e. The Morgan fingerprint density at radius 2 is 2.09 bits per heavy atom. The van der Waals surface area contributed by atoms with Crippen LogP contribution in [0.2, 0.25) is 0 Å². The standard InChI is InChI=1S/C17H21N3O2/c1-11-6-12(2)8-13(7-11)20-16-5-3-4-15(14(16)9-18-20)19-17(22)10-21/h6-9,15,21H,3-5,10H2,1-2H3,(H,19,22)/t15-/m1/s1. The molecule has 0 aliphatic heterocycles. The average Bonchev–Trinajstić information content (AvgIpc) is 2.91. The number of nitrogens with zero attached hydrogens (tertiary/aromatic N) is 2. The third-order valence-corrected chi connectivity index (χ3v) is 4.11. The summed E-state index contributed by atoms with van der Waals surface area (Å²) in [6, 6.07) is 6.33. The summed E-state index contributed by atoms with van der Waals surface area (Å²) in [5, 5.41) is 16.3. The van der Waals surface area contributed by atoms with E-state index in [1.807, 2.05) is 10.9 Å². The topological polar surface area (TPSA) is 67.2 Å². The van der Waals surface area contributed by atoms with E-state index >= 15 is 0 Å². The van der Waals surface area contributed by atoms with Gasteiger partial charge in [0.25, 0.3) is 0 Å². The van der Waals surface area contributed by atoms with Crippen LogP contribution in [0.5, 0.6) is 0 Å². The van der Waals surface area contributed by atoms with Gasteiger partial charge in [-0.3, -0.25) is 4.79 Å². The van der Waals surface area contributed by atoms with Crippen molar-refractivity contribution in [2.24, 2.45) is 0 Å². The van der Waals surface area contributed by atoms with Crippen molar-refractivity contribution in [3.8, 4) is 5.69 Å². The van der Waals surface area contributed by atoms with Crippen LogP contribution < -0.4 is 5.32 Å². The largest absolute Gasteiger partial charge is 0.387 e. The number of aromatic nitrogens is 2. The lowest BCUT2D eigenvalue weighted by Gasteiger charge is -2.24. The summed E-state index contributed by atoms with van der Waals surface area (Å²) in [5.74, 6) is -0.336. The zero-order valence-electron chi connectivity index (χ0n) is 13.0. The van der Waals surface area contributed by atoms with Gasteiger partial charge in [-0.15, -0.1) is 0 Å². The summed E-state index contributed by atoms with van der Waals surface area (Å²) >= 11 is 0. The summed E-state index contributed by atoms with van der Waals surface area (Å²) in [6.45, 7) is 3.69. The average molecular weight is 299 g/mol. The zero-order chi connectivity index (χ0) is 15.7. The van der Waals surface area contributed by atoms with Crippen LogP contribution in [0.4, 0.5) is 0 Å². The second-order valence-corrected chi connectivity index (χ2v) is 5.97. The molecule has 22 heavy (non-hydrogen) atoms. The van der Waals surface area contributed by atoms with Crippen LogP contribution >= 0.6 is 0 Å². The number of nitrogens with one attached hydrogen (secondary N) is 1. The van der Waals surface area contributed by atoms with Crippen LogP contribution in [0.1, 0.15) is 41.3 Å². The van der Waals surface area contributed by atoms with Gasteiger partial charge in [0.05, 0.1) is 17.9 Å². The molecule has 5 nitrogen and oxygen atoms in total. The highest BCUT2D eigenvalue weighted by Gasteiger charge is 2.25. The van der Waals surface area contributed by atoms with Gasteiger partial charge in [0.2, 0.25) is 5.91 Å². The molecule has 2 N–H and O–H groups in total. The highest BCUT2D eigenvalue weighted by molar-refractivity contribution is 5.77. The highest BCUT2D eigenvalue weighted by atomic mass is 16.3. The van der Waals surface area contributed by atoms with Crippen molar-refractivity contribution < 1.29 is 9.90 Å². The van der Waals surface area contributed by atoms with E-state index in [1.165, 1.54) is 11.1 Å². The first-order valence-corrected chi connectivity index (χ1v) is 7.64. The molecule has 0 spiro atoms. The molecule has 0 saturated carbocycles. The minimum absolute atomic E-state index is 0.0527. The summed E-state index contributed by atoms with van der Waals surface area (Å²) in [5.41, 5.74) is 5.69. The van der Waals surface area contributed by atoms with Crippen LogP contribution in [0.25, 0.3) is 5.69 Å². The number of hydrogen-bond acceptors (Lipinski definition) is 3. The fraction of sp³-hybridized carbons (Fsp3) is 0.412. The third-order valence-electron chi connectivity index (χ3n) is 4.11. The Morgan fingerprint density at radius 1 is 1.36 bits per heavy atom. The molecular weight excluding hydrogens is 278 g/mol. The van der Waals surface area contributed by atoms with Gasteiger partial charge >= 0.3 is 0 Å². The molecule has 1 atom stereocenters. The minimum Gasteiger partial charge on any atom is -0.387 e. The molecule has 1 heterocycles. The SMILES string of the molecule is Cc1cc(C)cc(-n2ncc3c2CCC[C@H]3NC(=O)CO)c1. The number of benzene rings is 1. The molecule has 1 aromatic heterocycles. The monoisotopic (exact) mass is 299 g/mol. The van der Waals surface area contributed by atoms with E-state index in [1.54, 1.807) is 0 Å². The number of fused-ring (bicyclic) bond motifs is 1. The Morgan fingerprint density at radius 3 is 2.77 bits per heavy atom. The second kappa shape index (κ2) is 5.93. The number of amides is 1. The maximum atomic E-state index is 11.5. The summed E-state index contributed by atoms with van der Waals surface area (Å²) in [6.07, 6.45) is 4.68. The lowest BCUT2D eigenvalue weighted by molar-refractivity contribution is -0.124. The molecule has 1 aliphatic carbocycles. The lowest BCUT2D eigenvalue weighted by atomic mass is 9.93. The number of aryl methyl sites for hydroxylation is 2. The number of hydrogen-bond donors (Lipinski definition) is 2. The second-order valence-electron chi connectivity index (χ2n) is 5.97. The zero-order valence-corrected chi connectivity index (χ0v) is 13.0. The molecule has 3 rings (SSSR count). The molecule has 1 aliphatic rings. The predicted octanol–water partition coefficient (Wildman–Crippen LogP) is 1.98. The van der Waals surface area contributed by atoms with Gasteiger partial charge in [-0.05, 0) is 56.4 Å². The molecule has 1 amide bonds. The van der Waals surface area contributed by atoms with Crippen molar-refractivity contribution in [1.29, 1.82) is 0 Å². The van der Waals surface area contributed by atoms with E-state index in [2.05, 4.69) is 42.5 Å². The number of aliphatic hydroxyl groups excluding tert-OH is 1. The number of rotatable bonds is 3. The van der Waals surface area contributed by atoms with Crippen LogP contribution in [-0.4, -0.2) is 27.4 Å². The Hall–Kier alpha value is -2.14. The van der Waals surface area contributed by atoms with Crippen LogP contribution in [0.15, 0.2) is 24.4 Å². The molecule has 1 aromatic carbocycles. The normalized spacial score (nSPS) is 17.1. The maximum absolute atomic E-state index is 11.5. The fourth-order valence-electron chi connectivity index (χ4n) is 3.24. The highest BCUT2D eigenvalue weighted by Crippen LogP contribution is 2.31. The van der Waals surface area contributed by atoms with Gasteiger partial charge in [0, 0.05) is 11.3 Å². The van der Waals surface area contributed by atoms with Crippen molar-refractivity contribution in [3.05, 3.63) is 46.8 Å². The summed E-state index contributed by atoms with van der Waals surface area (Å²) in [4.78, 5) is 11.5. The van der Waals surface area contributed by atoms with Crippen molar-refractivity contribution in [1.82, 2.24) is 15.1 Å². The van der Waals surface area contributed by atoms with Crippen molar-refractivity contribution in [3.63, 3.8) is 0 Å². The molecule has 0 unspecified atom stereocenters. The Bertz CT molecular complexity index is 686. The number of carbonyl (C=O) groups is 1. The molecule has 0 bridgehead atoms. The minimum atomic E-state index is -0.475. The van der Waals surface area contributed by atoms with E-state index in [0.717, 1.165) is 36.2 Å². The van der Waals surface area contributed by atoms with Crippen LogP contribution in [0.3, 0.4) is 0 Å². The Labute approximate surface area is 130 Å². The van der Waals surface area contributed by atoms with Gasteiger partial charge in [0.15, 0.2) is 0 Å². The van der Waals surface area contributed by atoms with Crippen molar-refractivity contribution in [2.75, 3.05) is 6.61 Å². The van der Waals surface area contributed by atoms with Gasteiger partial charge in [-0.25, -0.2) is 4.68 Å². The Balaban J connectivity index is 1.98. The van der Waals surface area contributed by atoms with E-state index in [9.17, 15) is 4.79 Å². The lowest BCUT2D eigenvalue weighted by Crippen LogP contribution is -2.32. The van der Waals surface area contributed by atoms with Crippen molar-refractivity contribution >= 4 is 5.91 Å². The van der Waals surface area contributed by atoms with Crippen LogP contribution in [-0.2, 0) is 11.2 Å². The first-order valence-electron chi connectivity index (χ1n) is 7.64. The molecule has 0 radical (unpaired) electrons. The van der Waals surface area contributed by atoms with E-state index < -0.39 is 6.61 Å². The molecule has 0 fully saturated rings. The van der Waals surface area contributed by atoms with E-state index in [0.29, 0.717) is 0 Å². The Kier molecular flexibility index (Phi) is 3.98. The molecular formula is C17H21N3O2. The first kappa shape index (κ1) is 14.8. The number of carbonyl (C=O) groups excluding carboxylic acids is 1. The molecule has 5 heteroatoms. The first-order chi connectivity index (χ1) is 10.6. The van der Waals surface area contributed by atoms with Gasteiger partial charge in [-0.1, -0.05) is 6.07 Å². The third kappa shape index (κ3) is 2.76. The quantitative estimate of drug-likeness (QED) is 0.910. The summed E-state index contributed by atoms with van der Waals surface area (Å²) in [7, 11) is 0. The predicted molar refractivity (Wildman–Crippen MR) is 83.9 cm³/mol. The fourth-order valence-corrected chi connectivity index (χ4v) is 3.24. The van der Waals surface area contributed by atoms with Gasteiger partial charge in [-0.2, -0.15) is 5.10 Å².